The van der Waals surface area contributed by atoms with Crippen LogP contribution in [0.5, 0.6) is 0 Å². The first-order valence-electron chi connectivity index (χ1n) is 13.6. The third-order valence-corrected chi connectivity index (χ3v) is 7.76. The summed E-state index contributed by atoms with van der Waals surface area (Å²) in [5, 5.41) is 32.0. The Morgan fingerprint density at radius 1 is 0.738 bits per heavy atom. The number of aryl methyl sites for hydroxylation is 2. The van der Waals surface area contributed by atoms with Crippen LogP contribution in [-0.2, 0) is 19.4 Å². The Bertz CT molecular complexity index is 1460. The van der Waals surface area contributed by atoms with Gasteiger partial charge in [0.2, 0.25) is 0 Å². The summed E-state index contributed by atoms with van der Waals surface area (Å²) in [5.41, 5.74) is 6.48. The zero-order valence-corrected chi connectivity index (χ0v) is 26.0. The van der Waals surface area contributed by atoms with Gasteiger partial charge in [0, 0.05) is 43.0 Å². The van der Waals surface area contributed by atoms with Crippen molar-refractivity contribution in [1.29, 1.82) is 0 Å². The van der Waals surface area contributed by atoms with E-state index in [4.69, 9.17) is 5.11 Å². The molecule has 42 heavy (non-hydrogen) atoms. The van der Waals surface area contributed by atoms with Crippen molar-refractivity contribution >= 4 is 32.9 Å². The van der Waals surface area contributed by atoms with Gasteiger partial charge in [0.15, 0.2) is 10.3 Å². The number of benzene rings is 2. The van der Waals surface area contributed by atoms with E-state index in [9.17, 15) is 0 Å². The summed E-state index contributed by atoms with van der Waals surface area (Å²) in [6.45, 7) is 4.32. The van der Waals surface area contributed by atoms with E-state index in [-0.39, 0.29) is 6.61 Å². The molecular weight excluding hydrogens is 565 g/mol. The summed E-state index contributed by atoms with van der Waals surface area (Å²) in [6, 6.07) is 20.9. The number of aromatic nitrogens is 6. The largest absolute Gasteiger partial charge is 0.391 e. The molecule has 0 saturated heterocycles. The molecule has 4 aromatic heterocycles. The van der Waals surface area contributed by atoms with Gasteiger partial charge in [-0.15, -0.1) is 11.3 Å². The maximum Gasteiger partial charge on any atom is 0.183 e. The topological polar surface area (TPSA) is 127 Å². The van der Waals surface area contributed by atoms with Crippen LogP contribution in [0.3, 0.4) is 0 Å². The Morgan fingerprint density at radius 2 is 1.29 bits per heavy atom. The highest BCUT2D eigenvalue weighted by atomic mass is 32.1. The number of aliphatic hydroxyl groups is 1. The predicted molar refractivity (Wildman–Crippen MR) is 176 cm³/mol. The Balaban J connectivity index is 0.000000158. The minimum Gasteiger partial charge on any atom is -0.391 e. The minimum atomic E-state index is -0.000139. The van der Waals surface area contributed by atoms with Gasteiger partial charge in [0.05, 0.1) is 35.3 Å². The Labute approximate surface area is 255 Å². The van der Waals surface area contributed by atoms with Gasteiger partial charge < -0.3 is 15.7 Å². The molecular formula is C31H38N8OS2. The zero-order valence-electron chi connectivity index (χ0n) is 24.3. The van der Waals surface area contributed by atoms with Crippen molar-refractivity contribution in [3.8, 4) is 22.5 Å². The molecule has 2 aromatic carbocycles. The Kier molecular flexibility index (Phi) is 13.9. The molecule has 0 spiro atoms. The third-order valence-electron chi connectivity index (χ3n) is 5.84. The molecule has 6 rings (SSSR count). The van der Waals surface area contributed by atoms with Crippen LogP contribution in [0.15, 0.2) is 90.8 Å². The maximum absolute atomic E-state index is 9.14. The molecule has 0 fully saturated rings. The fourth-order valence-electron chi connectivity index (χ4n) is 3.51. The summed E-state index contributed by atoms with van der Waals surface area (Å²) in [7, 11) is 3.66. The number of anilines is 2. The molecule has 0 atom stereocenters. The molecule has 9 nitrogen and oxygen atoms in total. The zero-order chi connectivity index (χ0) is 30.0. The summed E-state index contributed by atoms with van der Waals surface area (Å²) < 4.78 is 0. The van der Waals surface area contributed by atoms with Crippen LogP contribution < -0.4 is 10.6 Å². The van der Waals surface area contributed by atoms with Gasteiger partial charge in [-0.05, 0) is 24.0 Å². The molecule has 220 valence electrons. The lowest BCUT2D eigenvalue weighted by Gasteiger charge is -1.92. The number of thiazole rings is 2. The molecule has 6 aromatic rings. The molecule has 0 aliphatic carbocycles. The number of aromatic amines is 2. The third kappa shape index (κ3) is 10.3. The minimum absolute atomic E-state index is 0.000139. The van der Waals surface area contributed by atoms with Crippen molar-refractivity contribution in [3.05, 3.63) is 107 Å². The second-order valence-electron chi connectivity index (χ2n) is 8.64. The highest BCUT2D eigenvalue weighted by molar-refractivity contribution is 7.16. The molecule has 0 radical (unpaired) electrons. The van der Waals surface area contributed by atoms with Gasteiger partial charge in [-0.3, -0.25) is 10.2 Å². The van der Waals surface area contributed by atoms with Crippen LogP contribution in [0.4, 0.5) is 10.3 Å². The number of hydrogen-bond donors (Lipinski definition) is 5. The molecule has 5 N–H and O–H groups in total. The van der Waals surface area contributed by atoms with E-state index >= 15 is 0 Å². The number of aliphatic hydroxyl groups excluding tert-OH is 1. The van der Waals surface area contributed by atoms with Crippen LogP contribution in [-0.4, -0.2) is 49.6 Å². The summed E-state index contributed by atoms with van der Waals surface area (Å²) in [6.07, 6.45) is 9.31. The highest BCUT2D eigenvalue weighted by Gasteiger charge is 2.12. The van der Waals surface area contributed by atoms with Gasteiger partial charge in [-0.2, -0.15) is 10.2 Å². The lowest BCUT2D eigenvalue weighted by atomic mass is 10.2. The van der Waals surface area contributed by atoms with Crippen molar-refractivity contribution in [2.75, 3.05) is 24.7 Å². The highest BCUT2D eigenvalue weighted by Crippen LogP contribution is 2.30. The van der Waals surface area contributed by atoms with Gasteiger partial charge in [-0.25, -0.2) is 9.97 Å². The predicted octanol–water partition coefficient (Wildman–Crippen LogP) is 7.14. The fraction of sp³-hybridized carbons (Fsp3) is 0.226. The molecule has 0 aliphatic heterocycles. The standard InChI is InChI=1S/C8H10N4OS.2C8H10.C7H8N4S/c1-9-8-12-7(6(4-13)14-8)5-2-10-11-3-5;2*1-2-8-6-4-3-5-7-8;1-8-7-11-6(4-12-7)5-2-9-10-3-5/h2-3,13H,4H2,1H3,(H,9,12)(H,10,11);2*3-7H,2H2,1H3;2-4H,1H3,(H,8,11)(H,9,10). The monoisotopic (exact) mass is 602 g/mol. The van der Waals surface area contributed by atoms with Crippen LogP contribution in [0.1, 0.15) is 29.9 Å². The molecule has 0 amide bonds. The van der Waals surface area contributed by atoms with Crippen molar-refractivity contribution in [2.24, 2.45) is 0 Å². The maximum atomic E-state index is 9.14. The summed E-state index contributed by atoms with van der Waals surface area (Å²) in [4.78, 5) is 9.49. The lowest BCUT2D eigenvalue weighted by molar-refractivity contribution is 0.286. The van der Waals surface area contributed by atoms with E-state index < -0.39 is 0 Å². The van der Waals surface area contributed by atoms with Gasteiger partial charge in [0.25, 0.3) is 0 Å². The summed E-state index contributed by atoms with van der Waals surface area (Å²) >= 11 is 3.03. The van der Waals surface area contributed by atoms with Crippen LogP contribution >= 0.6 is 22.7 Å². The van der Waals surface area contributed by atoms with Gasteiger partial charge in [-0.1, -0.05) is 85.8 Å². The number of rotatable bonds is 7. The average molecular weight is 603 g/mol. The first kappa shape index (κ1) is 32.2. The fourth-order valence-corrected chi connectivity index (χ4v) is 4.99. The smallest absolute Gasteiger partial charge is 0.183 e. The van der Waals surface area contributed by atoms with E-state index in [0.29, 0.717) is 0 Å². The second kappa shape index (κ2) is 18.2. The number of nitrogens with zero attached hydrogens (tertiary/aromatic N) is 4. The number of H-pyrrole nitrogens is 2. The SMILES string of the molecule is CCc1ccccc1.CCc1ccccc1.CNc1nc(-c2cn[nH]c2)c(CO)s1.CNc1nc(-c2cn[nH]c2)cs1. The first-order valence-corrected chi connectivity index (χ1v) is 15.3. The van der Waals surface area contributed by atoms with Crippen molar-refractivity contribution in [3.63, 3.8) is 0 Å². The van der Waals surface area contributed by atoms with Crippen LogP contribution in [0.2, 0.25) is 0 Å². The van der Waals surface area contributed by atoms with Crippen molar-refractivity contribution in [2.45, 2.75) is 33.3 Å². The molecule has 0 unspecified atom stereocenters. The van der Waals surface area contributed by atoms with Crippen LogP contribution in [0, 0.1) is 0 Å². The lowest BCUT2D eigenvalue weighted by Crippen LogP contribution is -1.86. The van der Waals surface area contributed by atoms with E-state index in [1.165, 1.54) is 22.5 Å². The van der Waals surface area contributed by atoms with E-state index in [0.717, 1.165) is 50.5 Å². The molecule has 0 saturated carbocycles. The quantitative estimate of drug-likeness (QED) is 0.131. The first-order chi connectivity index (χ1) is 20.6. The van der Waals surface area contributed by atoms with E-state index in [1.807, 2.05) is 30.8 Å². The number of hydrogen-bond acceptors (Lipinski definition) is 9. The van der Waals surface area contributed by atoms with Crippen molar-refractivity contribution in [1.82, 2.24) is 30.4 Å². The van der Waals surface area contributed by atoms with Crippen LogP contribution in [0.25, 0.3) is 22.5 Å². The van der Waals surface area contributed by atoms with Gasteiger partial charge in [0.1, 0.15) is 0 Å². The van der Waals surface area contributed by atoms with Gasteiger partial charge >= 0.3 is 0 Å². The molecule has 0 aliphatic rings. The van der Waals surface area contributed by atoms with Crippen molar-refractivity contribution < 1.29 is 5.11 Å². The summed E-state index contributed by atoms with van der Waals surface area (Å²) in [5.74, 6) is 0. The van der Waals surface area contributed by atoms with E-state index in [2.05, 4.69) is 103 Å². The normalized spacial score (nSPS) is 9.83. The molecule has 4 heterocycles. The Morgan fingerprint density at radius 3 is 1.69 bits per heavy atom. The average Bonchev–Trinajstić information content (AvgIpc) is 3.89. The molecule has 0 bridgehead atoms. The van der Waals surface area contributed by atoms with E-state index in [1.54, 1.807) is 37.0 Å². The Hall–Kier alpha value is -4.32. The molecule has 11 heteroatoms. The second-order valence-corrected chi connectivity index (χ2v) is 10.6. The number of nitrogens with one attached hydrogen (secondary N) is 4.